The molecule has 0 amide bonds. The van der Waals surface area contributed by atoms with E-state index in [1.165, 1.54) is 28.6 Å². The van der Waals surface area contributed by atoms with Crippen molar-refractivity contribution in [2.45, 2.75) is 64.8 Å². The molecule has 2 heterocycles. The van der Waals surface area contributed by atoms with Gasteiger partial charge in [-0.2, -0.15) is 17.5 Å². The first-order chi connectivity index (χ1) is 19.7. The smallest absolute Gasteiger partial charge is 0.292 e. The van der Waals surface area contributed by atoms with Crippen LogP contribution in [0.15, 0.2) is 74.2 Å². The molecule has 0 bridgehead atoms. The van der Waals surface area contributed by atoms with Gasteiger partial charge < -0.3 is 0 Å². The number of pyridine rings is 1. The van der Waals surface area contributed by atoms with E-state index in [9.17, 15) is 34.8 Å². The van der Waals surface area contributed by atoms with Crippen LogP contribution in [0.5, 0.6) is 0 Å². The number of Topliss-reactive ketones (excluding diaryl/α,β-unsaturated/α-hetero) is 1. The zero-order chi connectivity index (χ0) is 30.7. The predicted octanol–water partition coefficient (Wildman–Crippen LogP) is 6.86. The molecule has 8 nitrogen and oxygen atoms in total. The molecule has 1 aliphatic heterocycles. The number of aromatic nitrogens is 1. The second kappa shape index (κ2) is 12.9. The van der Waals surface area contributed by atoms with Gasteiger partial charge in [-0.1, -0.05) is 36.7 Å². The van der Waals surface area contributed by atoms with Crippen LogP contribution in [0, 0.1) is 0 Å². The van der Waals surface area contributed by atoms with Gasteiger partial charge >= 0.3 is 6.18 Å². The normalized spacial score (nSPS) is 15.0. The Morgan fingerprint density at radius 3 is 2.26 bits per heavy atom. The highest BCUT2D eigenvalue weighted by molar-refractivity contribution is 7.99. The highest BCUT2D eigenvalue weighted by Gasteiger charge is 2.32. The summed E-state index contributed by atoms with van der Waals surface area (Å²) in [6.07, 6.45) is -1.43. The van der Waals surface area contributed by atoms with Crippen molar-refractivity contribution in [2.75, 3.05) is 17.8 Å². The first-order valence-corrected chi connectivity index (χ1v) is 17.1. The van der Waals surface area contributed by atoms with Crippen LogP contribution >= 0.6 is 23.4 Å². The Balaban J connectivity index is 1.59. The molecule has 2 aromatic carbocycles. The van der Waals surface area contributed by atoms with Crippen LogP contribution in [0.2, 0.25) is 5.02 Å². The summed E-state index contributed by atoms with van der Waals surface area (Å²) in [7, 11) is -8.06. The minimum absolute atomic E-state index is 0.00872. The van der Waals surface area contributed by atoms with Gasteiger partial charge in [0.05, 0.1) is 15.5 Å². The van der Waals surface area contributed by atoms with E-state index in [0.717, 1.165) is 37.1 Å². The van der Waals surface area contributed by atoms with E-state index in [4.69, 9.17) is 11.6 Å². The zero-order valence-electron chi connectivity index (χ0n) is 22.3. The molecular formula is C27H27ClF3N3O5S3. The number of rotatable bonds is 10. The lowest BCUT2D eigenvalue weighted by atomic mass is 10.1. The Labute approximate surface area is 251 Å². The molecule has 3 aromatic rings. The van der Waals surface area contributed by atoms with E-state index >= 15 is 0 Å². The van der Waals surface area contributed by atoms with Crippen molar-refractivity contribution in [1.82, 2.24) is 9.29 Å². The molecule has 226 valence electrons. The number of sulfonamides is 2. The van der Waals surface area contributed by atoms with E-state index in [-0.39, 0.29) is 28.6 Å². The number of alkyl halides is 3. The van der Waals surface area contributed by atoms with Crippen molar-refractivity contribution < 1.29 is 34.8 Å². The van der Waals surface area contributed by atoms with Crippen molar-refractivity contribution >= 4 is 55.0 Å². The Kier molecular flexibility index (Phi) is 9.93. The standard InChI is InChI=1S/C27H27ClF3N3O5S3/c1-2-6-22(35)26-23(40-19-8-10-20(11-9-19)42(38,39)34-15-4-3-5-16-34)12-14-25(32-26)33-41(36,37)24-13-7-18(17-21(24)28)27(29,30)31/h7-14,17H,2-6,15-16H2,1H3,(H,32,33). The van der Waals surface area contributed by atoms with Gasteiger partial charge in [-0.3, -0.25) is 9.52 Å². The number of ketones is 1. The molecule has 0 radical (unpaired) electrons. The first kappa shape index (κ1) is 32.3. The summed E-state index contributed by atoms with van der Waals surface area (Å²) >= 11 is 7.03. The molecule has 0 atom stereocenters. The lowest BCUT2D eigenvalue weighted by molar-refractivity contribution is -0.137. The lowest BCUT2D eigenvalue weighted by Gasteiger charge is -2.25. The molecule has 1 aromatic heterocycles. The number of piperidine rings is 1. The molecule has 42 heavy (non-hydrogen) atoms. The van der Waals surface area contributed by atoms with Crippen LogP contribution < -0.4 is 4.72 Å². The predicted molar refractivity (Wildman–Crippen MR) is 154 cm³/mol. The average molecular weight is 662 g/mol. The molecule has 1 saturated heterocycles. The molecule has 1 fully saturated rings. The number of hydrogen-bond acceptors (Lipinski definition) is 7. The maximum Gasteiger partial charge on any atom is 0.416 e. The fourth-order valence-corrected chi connectivity index (χ4v) is 8.26. The van der Waals surface area contributed by atoms with Gasteiger partial charge in [-0.05, 0) is 73.9 Å². The Morgan fingerprint density at radius 1 is 1.00 bits per heavy atom. The number of hydrogen-bond donors (Lipinski definition) is 1. The van der Waals surface area contributed by atoms with Crippen molar-refractivity contribution in [3.05, 3.63) is 70.9 Å². The second-order valence-corrected chi connectivity index (χ2v) is 14.6. The fraction of sp³-hybridized carbons (Fsp3) is 0.333. The van der Waals surface area contributed by atoms with E-state index in [1.807, 2.05) is 0 Å². The van der Waals surface area contributed by atoms with Crippen molar-refractivity contribution in [2.24, 2.45) is 0 Å². The second-order valence-electron chi connectivity index (χ2n) is 9.50. The lowest BCUT2D eigenvalue weighted by Crippen LogP contribution is -2.35. The highest BCUT2D eigenvalue weighted by Crippen LogP contribution is 2.35. The van der Waals surface area contributed by atoms with Gasteiger partial charge in [0.2, 0.25) is 10.0 Å². The number of nitrogens with zero attached hydrogens (tertiary/aromatic N) is 2. The summed E-state index contributed by atoms with van der Waals surface area (Å²) in [4.78, 5) is 17.8. The number of anilines is 1. The molecule has 1 N–H and O–H groups in total. The minimum Gasteiger partial charge on any atom is -0.292 e. The molecule has 1 aliphatic rings. The fourth-order valence-electron chi connectivity index (χ4n) is 4.28. The van der Waals surface area contributed by atoms with Gasteiger partial charge in [0.15, 0.2) is 5.78 Å². The molecule has 0 saturated carbocycles. The SMILES string of the molecule is CCCC(=O)c1nc(NS(=O)(=O)c2ccc(C(F)(F)F)cc2Cl)ccc1Sc1ccc(S(=O)(=O)N2CCCCC2)cc1. The van der Waals surface area contributed by atoms with Gasteiger partial charge in [-0.25, -0.2) is 21.8 Å². The van der Waals surface area contributed by atoms with E-state index in [0.29, 0.717) is 41.4 Å². The number of carbonyl (C=O) groups excluding carboxylic acids is 1. The molecule has 0 unspecified atom stereocenters. The summed E-state index contributed by atoms with van der Waals surface area (Å²) in [5.41, 5.74) is -1.11. The van der Waals surface area contributed by atoms with Gasteiger partial charge in [0.1, 0.15) is 16.4 Å². The topological polar surface area (TPSA) is 114 Å². The molecule has 0 aliphatic carbocycles. The Hall–Kier alpha value is -2.65. The van der Waals surface area contributed by atoms with Crippen molar-refractivity contribution in [3.63, 3.8) is 0 Å². The summed E-state index contributed by atoms with van der Waals surface area (Å²) < 4.78 is 94.4. The Morgan fingerprint density at radius 2 is 1.67 bits per heavy atom. The summed E-state index contributed by atoms with van der Waals surface area (Å²) in [6.45, 7) is 2.76. The number of halogens is 4. The molecular weight excluding hydrogens is 635 g/mol. The molecule has 0 spiro atoms. The first-order valence-electron chi connectivity index (χ1n) is 12.9. The van der Waals surface area contributed by atoms with Gasteiger partial charge in [0, 0.05) is 29.3 Å². The van der Waals surface area contributed by atoms with Crippen molar-refractivity contribution in [1.29, 1.82) is 0 Å². The van der Waals surface area contributed by atoms with Crippen LogP contribution in [0.4, 0.5) is 19.0 Å². The summed E-state index contributed by atoms with van der Waals surface area (Å²) in [5.74, 6) is -0.573. The largest absolute Gasteiger partial charge is 0.416 e. The molecule has 15 heteroatoms. The summed E-state index contributed by atoms with van der Waals surface area (Å²) in [6, 6.07) is 10.9. The van der Waals surface area contributed by atoms with E-state index in [2.05, 4.69) is 9.71 Å². The van der Waals surface area contributed by atoms with Crippen molar-refractivity contribution in [3.8, 4) is 0 Å². The Bertz CT molecular complexity index is 1680. The van der Waals surface area contributed by atoms with Gasteiger partial charge in [-0.15, -0.1) is 0 Å². The maximum atomic E-state index is 13.0. The van der Waals surface area contributed by atoms with Crippen LogP contribution in [0.1, 0.15) is 55.1 Å². The highest BCUT2D eigenvalue weighted by atomic mass is 35.5. The maximum absolute atomic E-state index is 13.0. The van der Waals surface area contributed by atoms with Crippen LogP contribution in [0.25, 0.3) is 0 Å². The number of carbonyl (C=O) groups is 1. The zero-order valence-corrected chi connectivity index (χ0v) is 25.5. The third kappa shape index (κ3) is 7.46. The average Bonchev–Trinajstić information content (AvgIpc) is 2.94. The monoisotopic (exact) mass is 661 g/mol. The van der Waals surface area contributed by atoms with Crippen LogP contribution in [0.3, 0.4) is 0 Å². The third-order valence-electron chi connectivity index (χ3n) is 6.39. The van der Waals surface area contributed by atoms with E-state index < -0.39 is 41.7 Å². The van der Waals surface area contributed by atoms with Crippen LogP contribution in [-0.2, 0) is 26.2 Å². The summed E-state index contributed by atoms with van der Waals surface area (Å²) in [5, 5.41) is -0.627. The third-order valence-corrected chi connectivity index (χ3v) is 11.2. The molecule has 4 rings (SSSR count). The number of nitrogens with one attached hydrogen (secondary N) is 1. The van der Waals surface area contributed by atoms with Crippen LogP contribution in [-0.4, -0.2) is 45.0 Å². The van der Waals surface area contributed by atoms with E-state index in [1.54, 1.807) is 19.1 Å². The quantitative estimate of drug-likeness (QED) is 0.236. The minimum atomic E-state index is -4.70. The number of benzene rings is 2. The van der Waals surface area contributed by atoms with Gasteiger partial charge in [0.25, 0.3) is 10.0 Å².